The summed E-state index contributed by atoms with van der Waals surface area (Å²) < 4.78 is 0. The average molecular weight is 699 g/mol. The lowest BCUT2D eigenvalue weighted by Crippen LogP contribution is -2.36. The summed E-state index contributed by atoms with van der Waals surface area (Å²) >= 11 is 0. The SMILES string of the molecule is C#CC1(CN(Cc2nc3ccc(C#Cc4ccc5nc(CN(CC6(C)CC6)C(=O)Cc6ccccc6)[nH]c5c4)cc3[nH]2)C(=O)Cc2ccccc2)CC1. The van der Waals surface area contributed by atoms with Crippen LogP contribution >= 0.6 is 0 Å². The molecule has 2 aromatic heterocycles. The Morgan fingerprint density at radius 3 is 1.58 bits per heavy atom. The molecule has 8 heteroatoms. The number of imidazole rings is 2. The Hall–Kier alpha value is -6.12. The van der Waals surface area contributed by atoms with Gasteiger partial charge < -0.3 is 19.8 Å². The molecule has 2 aliphatic carbocycles. The Bertz CT molecular complexity index is 2400. The van der Waals surface area contributed by atoms with Gasteiger partial charge in [-0.3, -0.25) is 9.59 Å². The van der Waals surface area contributed by atoms with Gasteiger partial charge in [-0.25, -0.2) is 9.97 Å². The molecule has 2 heterocycles. The van der Waals surface area contributed by atoms with Crippen molar-refractivity contribution in [2.45, 2.75) is 58.5 Å². The molecule has 0 radical (unpaired) electrons. The van der Waals surface area contributed by atoms with E-state index >= 15 is 0 Å². The second kappa shape index (κ2) is 14.1. The first-order valence-corrected chi connectivity index (χ1v) is 18.3. The third kappa shape index (κ3) is 8.19. The standard InChI is InChI=1S/C45H42N6O2/c1-3-45(22-23-45)31-51(43(53)27-33-12-8-5-9-13-33)29-41-47-37-19-17-35(25-39(37)49-41)15-14-34-16-18-36-38(24-34)48-40(46-36)28-50(30-44(2)20-21-44)42(52)26-32-10-6-4-7-11-32/h1,4-13,16-19,24-25H,20-23,26-31H2,2H3,(H,46,48)(H,47,49). The highest BCUT2D eigenvalue weighted by atomic mass is 16.2. The van der Waals surface area contributed by atoms with Crippen molar-refractivity contribution in [2.75, 3.05) is 13.1 Å². The third-order valence-corrected chi connectivity index (χ3v) is 10.5. The lowest BCUT2D eigenvalue weighted by molar-refractivity contribution is -0.132. The zero-order valence-electron chi connectivity index (χ0n) is 30.0. The molecule has 8 rings (SSSR count). The van der Waals surface area contributed by atoms with Crippen molar-refractivity contribution in [3.05, 3.63) is 131 Å². The van der Waals surface area contributed by atoms with Crippen LogP contribution < -0.4 is 0 Å². The normalized spacial score (nSPS) is 14.9. The topological polar surface area (TPSA) is 98.0 Å². The first-order valence-electron chi connectivity index (χ1n) is 18.3. The van der Waals surface area contributed by atoms with Gasteiger partial charge in [0.15, 0.2) is 0 Å². The average Bonchev–Trinajstić information content (AvgIpc) is 4.01. The van der Waals surface area contributed by atoms with Crippen molar-refractivity contribution in [3.63, 3.8) is 0 Å². The quantitative estimate of drug-likeness (QED) is 0.132. The van der Waals surface area contributed by atoms with Crippen LogP contribution in [0.1, 0.15) is 66.5 Å². The first kappa shape index (κ1) is 34.0. The van der Waals surface area contributed by atoms with E-state index in [4.69, 9.17) is 16.4 Å². The monoisotopic (exact) mass is 698 g/mol. The van der Waals surface area contributed by atoms with Gasteiger partial charge in [-0.05, 0) is 78.6 Å². The first-order chi connectivity index (χ1) is 25.7. The van der Waals surface area contributed by atoms with E-state index in [0.29, 0.717) is 38.3 Å². The fourth-order valence-corrected chi connectivity index (χ4v) is 6.86. The number of aromatic nitrogens is 4. The summed E-state index contributed by atoms with van der Waals surface area (Å²) in [6, 6.07) is 31.6. The Morgan fingerprint density at radius 2 is 1.15 bits per heavy atom. The van der Waals surface area contributed by atoms with Gasteiger partial charge in [0, 0.05) is 29.6 Å². The summed E-state index contributed by atoms with van der Waals surface area (Å²) in [5.41, 5.74) is 7.06. The lowest BCUT2D eigenvalue weighted by Gasteiger charge is -2.25. The van der Waals surface area contributed by atoms with Crippen molar-refractivity contribution < 1.29 is 9.59 Å². The number of carbonyl (C=O) groups excluding carboxylic acids is 2. The molecule has 53 heavy (non-hydrogen) atoms. The smallest absolute Gasteiger partial charge is 0.227 e. The number of carbonyl (C=O) groups is 2. The maximum atomic E-state index is 13.5. The van der Waals surface area contributed by atoms with Crippen LogP contribution in [0.4, 0.5) is 0 Å². The number of aromatic amines is 2. The highest BCUT2D eigenvalue weighted by Gasteiger charge is 2.43. The zero-order chi connectivity index (χ0) is 36.4. The zero-order valence-corrected chi connectivity index (χ0v) is 30.0. The van der Waals surface area contributed by atoms with E-state index < -0.39 is 0 Å². The van der Waals surface area contributed by atoms with E-state index in [0.717, 1.165) is 82.4 Å². The lowest BCUT2D eigenvalue weighted by atomic mass is 10.1. The number of benzene rings is 4. The fraction of sp³-hybridized carbons (Fsp3) is 0.289. The van der Waals surface area contributed by atoms with Gasteiger partial charge in [-0.1, -0.05) is 85.3 Å². The predicted octanol–water partition coefficient (Wildman–Crippen LogP) is 7.20. The molecule has 2 fully saturated rings. The number of rotatable bonds is 12. The Kier molecular flexibility index (Phi) is 9.06. The number of nitrogens with zero attached hydrogens (tertiary/aromatic N) is 4. The number of hydrogen-bond donors (Lipinski definition) is 2. The van der Waals surface area contributed by atoms with Crippen LogP contribution in [0.25, 0.3) is 22.1 Å². The molecule has 0 aliphatic heterocycles. The number of H-pyrrole nitrogens is 2. The Labute approximate surface area is 310 Å². The summed E-state index contributed by atoms with van der Waals surface area (Å²) in [6.07, 6.45) is 10.7. The van der Waals surface area contributed by atoms with E-state index in [9.17, 15) is 9.59 Å². The molecule has 2 saturated carbocycles. The van der Waals surface area contributed by atoms with E-state index in [1.54, 1.807) is 0 Å². The molecular formula is C45H42N6O2. The summed E-state index contributed by atoms with van der Waals surface area (Å²) in [7, 11) is 0. The molecule has 2 amide bonds. The molecular weight excluding hydrogens is 657 g/mol. The minimum Gasteiger partial charge on any atom is -0.340 e. The molecule has 8 nitrogen and oxygen atoms in total. The molecule has 264 valence electrons. The summed E-state index contributed by atoms with van der Waals surface area (Å²) in [6.45, 7) is 4.29. The molecule has 0 atom stereocenters. The maximum Gasteiger partial charge on any atom is 0.227 e. The number of terminal acetylenes is 1. The van der Waals surface area contributed by atoms with Crippen LogP contribution in [0.2, 0.25) is 0 Å². The van der Waals surface area contributed by atoms with Crippen molar-refractivity contribution in [3.8, 4) is 24.2 Å². The Morgan fingerprint density at radius 1 is 0.679 bits per heavy atom. The minimum absolute atomic E-state index is 0.0348. The largest absolute Gasteiger partial charge is 0.340 e. The highest BCUT2D eigenvalue weighted by Crippen LogP contribution is 2.46. The van der Waals surface area contributed by atoms with E-state index in [-0.39, 0.29) is 22.6 Å². The molecule has 0 bridgehead atoms. The molecule has 0 saturated heterocycles. The van der Waals surface area contributed by atoms with Gasteiger partial charge >= 0.3 is 0 Å². The van der Waals surface area contributed by atoms with Gasteiger partial charge in [0.1, 0.15) is 11.6 Å². The number of nitrogens with one attached hydrogen (secondary N) is 2. The number of amides is 2. The molecule has 0 spiro atoms. The van der Waals surface area contributed by atoms with E-state index in [1.807, 2.05) is 107 Å². The highest BCUT2D eigenvalue weighted by molar-refractivity contribution is 5.81. The molecule has 2 aliphatic rings. The van der Waals surface area contributed by atoms with Gasteiger partial charge in [0.2, 0.25) is 11.8 Å². The van der Waals surface area contributed by atoms with E-state index in [1.165, 1.54) is 0 Å². The van der Waals surface area contributed by atoms with Crippen LogP contribution in [0, 0.1) is 35.0 Å². The van der Waals surface area contributed by atoms with Crippen LogP contribution in [0.15, 0.2) is 97.1 Å². The van der Waals surface area contributed by atoms with Crippen LogP contribution in [-0.4, -0.2) is 54.6 Å². The fourth-order valence-electron chi connectivity index (χ4n) is 6.86. The van der Waals surface area contributed by atoms with Gasteiger partial charge in [-0.2, -0.15) is 0 Å². The van der Waals surface area contributed by atoms with Crippen LogP contribution in [0.3, 0.4) is 0 Å². The second-order valence-electron chi connectivity index (χ2n) is 15.1. The van der Waals surface area contributed by atoms with Crippen molar-refractivity contribution >= 4 is 33.9 Å². The summed E-state index contributed by atoms with van der Waals surface area (Å²) in [4.78, 5) is 47.2. The van der Waals surface area contributed by atoms with Gasteiger partial charge in [-0.15, -0.1) is 6.42 Å². The molecule has 2 N–H and O–H groups in total. The van der Waals surface area contributed by atoms with Crippen LogP contribution in [-0.2, 0) is 35.5 Å². The number of hydrogen-bond acceptors (Lipinski definition) is 4. The minimum atomic E-state index is -0.238. The van der Waals surface area contributed by atoms with Crippen molar-refractivity contribution in [1.29, 1.82) is 0 Å². The molecule has 4 aromatic carbocycles. The maximum absolute atomic E-state index is 13.5. The summed E-state index contributed by atoms with van der Waals surface area (Å²) in [5, 5.41) is 0. The third-order valence-electron chi connectivity index (χ3n) is 10.5. The van der Waals surface area contributed by atoms with Crippen molar-refractivity contribution in [2.24, 2.45) is 10.8 Å². The van der Waals surface area contributed by atoms with E-state index in [2.05, 4.69) is 34.7 Å². The molecule has 6 aromatic rings. The van der Waals surface area contributed by atoms with Crippen molar-refractivity contribution in [1.82, 2.24) is 29.7 Å². The summed E-state index contributed by atoms with van der Waals surface area (Å²) in [5.74, 6) is 11.2. The predicted molar refractivity (Wildman–Crippen MR) is 207 cm³/mol. The van der Waals surface area contributed by atoms with Gasteiger partial charge in [0.05, 0.1) is 48.0 Å². The Balaban J connectivity index is 0.961. The van der Waals surface area contributed by atoms with Crippen LogP contribution in [0.5, 0.6) is 0 Å². The van der Waals surface area contributed by atoms with Gasteiger partial charge in [0.25, 0.3) is 0 Å². The second-order valence-corrected chi connectivity index (χ2v) is 15.1. The number of fused-ring (bicyclic) bond motifs is 2. The molecule has 0 unspecified atom stereocenters.